The van der Waals surface area contributed by atoms with E-state index in [-0.39, 0.29) is 18.1 Å². The lowest BCUT2D eigenvalue weighted by Gasteiger charge is -2.19. The van der Waals surface area contributed by atoms with Crippen LogP contribution in [0.15, 0.2) is 22.7 Å². The highest BCUT2D eigenvalue weighted by Crippen LogP contribution is 2.19. The number of nitrogens with one attached hydrogen (secondary N) is 1. The van der Waals surface area contributed by atoms with Crippen molar-refractivity contribution in [2.24, 2.45) is 0 Å². The molecule has 3 nitrogen and oxygen atoms in total. The van der Waals surface area contributed by atoms with Gasteiger partial charge in [-0.05, 0) is 54.9 Å². The Labute approximate surface area is 108 Å². The molecule has 0 unspecified atom stereocenters. The second kappa shape index (κ2) is 5.60. The first kappa shape index (κ1) is 14.1. The molecule has 17 heavy (non-hydrogen) atoms. The molecule has 1 N–H and O–H groups in total. The molecule has 0 fully saturated rings. The minimum Gasteiger partial charge on any atom is -0.366 e. The number of hydrogen-bond acceptors (Lipinski definition) is 2. The molecule has 0 atom stereocenters. The molecule has 94 valence electrons. The molecular weight excluding hydrogens is 289 g/mol. The number of halogens is 2. The van der Waals surface area contributed by atoms with Crippen molar-refractivity contribution in [3.63, 3.8) is 0 Å². The zero-order chi connectivity index (χ0) is 13.1. The lowest BCUT2D eigenvalue weighted by molar-refractivity contribution is -0.125. The van der Waals surface area contributed by atoms with Crippen LogP contribution in [0.1, 0.15) is 20.8 Å². The second-order valence-electron chi connectivity index (χ2n) is 4.58. The maximum atomic E-state index is 13.2. The van der Waals surface area contributed by atoms with Crippen molar-refractivity contribution >= 4 is 27.5 Å². The molecule has 1 aromatic carbocycles. The van der Waals surface area contributed by atoms with Gasteiger partial charge >= 0.3 is 0 Å². The van der Waals surface area contributed by atoms with Gasteiger partial charge in [0, 0.05) is 5.69 Å². The van der Waals surface area contributed by atoms with Crippen molar-refractivity contribution in [3.05, 3.63) is 28.5 Å². The lowest BCUT2D eigenvalue weighted by atomic mass is 10.2. The monoisotopic (exact) mass is 303 g/mol. The van der Waals surface area contributed by atoms with Crippen LogP contribution >= 0.6 is 15.9 Å². The van der Waals surface area contributed by atoms with E-state index in [1.54, 1.807) is 6.07 Å². The van der Waals surface area contributed by atoms with E-state index < -0.39 is 5.82 Å². The Morgan fingerprint density at radius 1 is 1.47 bits per heavy atom. The van der Waals surface area contributed by atoms with E-state index in [1.165, 1.54) is 12.1 Å². The zero-order valence-electron chi connectivity index (χ0n) is 10.0. The van der Waals surface area contributed by atoms with Crippen LogP contribution in [0.25, 0.3) is 0 Å². The third-order valence-electron chi connectivity index (χ3n) is 1.84. The van der Waals surface area contributed by atoms with Gasteiger partial charge in [0.15, 0.2) is 0 Å². The largest absolute Gasteiger partial charge is 0.366 e. The van der Waals surface area contributed by atoms with E-state index in [0.29, 0.717) is 10.2 Å². The molecule has 0 aromatic heterocycles. The zero-order valence-corrected chi connectivity index (χ0v) is 11.6. The van der Waals surface area contributed by atoms with Crippen molar-refractivity contribution in [2.45, 2.75) is 26.4 Å². The Balaban J connectivity index is 2.54. The number of anilines is 1. The Morgan fingerprint density at radius 3 is 2.65 bits per heavy atom. The maximum Gasteiger partial charge on any atom is 0.250 e. The van der Waals surface area contributed by atoms with Crippen molar-refractivity contribution in [2.75, 3.05) is 11.9 Å². The molecule has 1 rings (SSSR count). The molecule has 0 radical (unpaired) electrons. The summed E-state index contributed by atoms with van der Waals surface area (Å²) in [6, 6.07) is 4.40. The van der Waals surface area contributed by atoms with Crippen LogP contribution < -0.4 is 5.32 Å². The van der Waals surface area contributed by atoms with Gasteiger partial charge in [-0.2, -0.15) is 0 Å². The van der Waals surface area contributed by atoms with Crippen LogP contribution in [0, 0.1) is 5.82 Å². The first-order valence-corrected chi connectivity index (χ1v) is 5.96. The number of carbonyl (C=O) groups excluding carboxylic acids is 1. The SMILES string of the molecule is CC(C)(C)OCC(=O)Nc1ccc(Br)c(F)c1. The van der Waals surface area contributed by atoms with E-state index in [1.807, 2.05) is 20.8 Å². The van der Waals surface area contributed by atoms with Gasteiger partial charge in [-0.15, -0.1) is 0 Å². The highest BCUT2D eigenvalue weighted by atomic mass is 79.9. The Morgan fingerprint density at radius 2 is 2.12 bits per heavy atom. The van der Waals surface area contributed by atoms with Gasteiger partial charge in [-0.1, -0.05) is 0 Å². The molecular formula is C12H15BrFNO2. The lowest BCUT2D eigenvalue weighted by Crippen LogP contribution is -2.27. The normalized spacial score (nSPS) is 11.4. The van der Waals surface area contributed by atoms with Gasteiger partial charge in [0.05, 0.1) is 10.1 Å². The average Bonchev–Trinajstić information content (AvgIpc) is 2.20. The Kier molecular flexibility index (Phi) is 4.65. The minimum absolute atomic E-state index is 0.0544. The molecule has 0 heterocycles. The fourth-order valence-corrected chi connectivity index (χ4v) is 1.30. The quantitative estimate of drug-likeness (QED) is 0.930. The number of carbonyl (C=O) groups is 1. The molecule has 0 saturated carbocycles. The highest BCUT2D eigenvalue weighted by molar-refractivity contribution is 9.10. The van der Waals surface area contributed by atoms with Crippen molar-refractivity contribution in [3.8, 4) is 0 Å². The fourth-order valence-electron chi connectivity index (χ4n) is 1.05. The molecule has 5 heteroatoms. The fraction of sp³-hybridized carbons (Fsp3) is 0.417. The summed E-state index contributed by atoms with van der Waals surface area (Å²) in [7, 11) is 0. The third-order valence-corrected chi connectivity index (χ3v) is 2.48. The van der Waals surface area contributed by atoms with Crippen LogP contribution in [0.3, 0.4) is 0 Å². The number of rotatable bonds is 3. The van der Waals surface area contributed by atoms with Crippen LogP contribution in [0.4, 0.5) is 10.1 Å². The van der Waals surface area contributed by atoms with Gasteiger partial charge < -0.3 is 10.1 Å². The standard InChI is InChI=1S/C12H15BrFNO2/c1-12(2,3)17-7-11(16)15-8-4-5-9(13)10(14)6-8/h4-6H,7H2,1-3H3,(H,15,16). The van der Waals surface area contributed by atoms with E-state index in [2.05, 4.69) is 21.2 Å². The van der Waals surface area contributed by atoms with Crippen molar-refractivity contribution in [1.82, 2.24) is 0 Å². The molecule has 0 bridgehead atoms. The molecule has 1 aromatic rings. The summed E-state index contributed by atoms with van der Waals surface area (Å²) in [5.41, 5.74) is 0.0377. The molecule has 0 aliphatic heterocycles. The molecule has 0 aliphatic carbocycles. The second-order valence-corrected chi connectivity index (χ2v) is 5.43. The first-order chi connectivity index (χ1) is 7.78. The first-order valence-electron chi connectivity index (χ1n) is 5.17. The topological polar surface area (TPSA) is 38.3 Å². The van der Waals surface area contributed by atoms with Gasteiger partial charge in [0.1, 0.15) is 12.4 Å². The van der Waals surface area contributed by atoms with Crippen LogP contribution in [0.2, 0.25) is 0 Å². The van der Waals surface area contributed by atoms with E-state index in [9.17, 15) is 9.18 Å². The predicted molar refractivity (Wildman–Crippen MR) is 68.4 cm³/mol. The van der Waals surface area contributed by atoms with E-state index >= 15 is 0 Å². The van der Waals surface area contributed by atoms with Gasteiger partial charge in [0.2, 0.25) is 5.91 Å². The summed E-state index contributed by atoms with van der Waals surface area (Å²) in [5, 5.41) is 2.56. The predicted octanol–water partition coefficient (Wildman–Crippen LogP) is 3.34. The van der Waals surface area contributed by atoms with Crippen molar-refractivity contribution < 1.29 is 13.9 Å². The van der Waals surface area contributed by atoms with E-state index in [4.69, 9.17) is 4.74 Å². The number of hydrogen-bond donors (Lipinski definition) is 1. The molecule has 0 spiro atoms. The Bertz CT molecular complexity index is 415. The third kappa shape index (κ3) is 5.28. The summed E-state index contributed by atoms with van der Waals surface area (Å²) < 4.78 is 18.8. The number of benzene rings is 1. The summed E-state index contributed by atoms with van der Waals surface area (Å²) in [6.07, 6.45) is 0. The molecule has 0 saturated heterocycles. The minimum atomic E-state index is -0.417. The number of amides is 1. The number of ether oxygens (including phenoxy) is 1. The summed E-state index contributed by atoms with van der Waals surface area (Å²) in [4.78, 5) is 11.5. The summed E-state index contributed by atoms with van der Waals surface area (Å²) in [6.45, 7) is 5.53. The van der Waals surface area contributed by atoms with Gasteiger partial charge in [0.25, 0.3) is 0 Å². The highest BCUT2D eigenvalue weighted by Gasteiger charge is 2.13. The van der Waals surface area contributed by atoms with Gasteiger partial charge in [-0.25, -0.2) is 4.39 Å². The summed E-state index contributed by atoms with van der Waals surface area (Å²) >= 11 is 3.04. The average molecular weight is 304 g/mol. The maximum absolute atomic E-state index is 13.2. The summed E-state index contributed by atoms with van der Waals surface area (Å²) in [5.74, 6) is -0.721. The van der Waals surface area contributed by atoms with Crippen LogP contribution in [-0.2, 0) is 9.53 Å². The van der Waals surface area contributed by atoms with Crippen LogP contribution in [0.5, 0.6) is 0 Å². The van der Waals surface area contributed by atoms with Gasteiger partial charge in [-0.3, -0.25) is 4.79 Å². The Hall–Kier alpha value is -0.940. The van der Waals surface area contributed by atoms with Crippen LogP contribution in [-0.4, -0.2) is 18.1 Å². The van der Waals surface area contributed by atoms with E-state index in [0.717, 1.165) is 0 Å². The smallest absolute Gasteiger partial charge is 0.250 e. The molecule has 0 aliphatic rings. The van der Waals surface area contributed by atoms with Crippen molar-refractivity contribution in [1.29, 1.82) is 0 Å². The molecule has 1 amide bonds.